The van der Waals surface area contributed by atoms with Crippen molar-refractivity contribution in [2.45, 2.75) is 26.2 Å². The summed E-state index contributed by atoms with van der Waals surface area (Å²) in [6.07, 6.45) is 3.09. The molecule has 4 nitrogen and oxygen atoms in total. The van der Waals surface area contributed by atoms with Crippen LogP contribution in [-0.4, -0.2) is 37.2 Å². The molecule has 1 aliphatic rings. The second kappa shape index (κ2) is 7.90. The Bertz CT molecular complexity index is 402. The minimum Gasteiger partial charge on any atom is -0.410 e. The lowest BCUT2D eigenvalue weighted by molar-refractivity contribution is 0.139. The third-order valence-electron chi connectivity index (χ3n) is 3.58. The number of rotatable bonds is 5. The summed E-state index contributed by atoms with van der Waals surface area (Å²) in [7, 11) is 0. The van der Waals surface area contributed by atoms with E-state index in [1.807, 2.05) is 35.2 Å². The summed E-state index contributed by atoms with van der Waals surface area (Å²) in [5, 5.41) is 3.39. The third kappa shape index (κ3) is 4.53. The van der Waals surface area contributed by atoms with E-state index in [-0.39, 0.29) is 6.09 Å². The normalized spacial score (nSPS) is 18.6. The SMILES string of the molecule is CCCN(CC1CCCNC1)C(=O)Oc1ccccc1. The number of carbonyl (C=O) groups is 1. The molecule has 110 valence electrons. The summed E-state index contributed by atoms with van der Waals surface area (Å²) in [5.74, 6) is 1.15. The third-order valence-corrected chi connectivity index (χ3v) is 3.58. The molecule has 0 radical (unpaired) electrons. The largest absolute Gasteiger partial charge is 0.415 e. The predicted octanol–water partition coefficient (Wildman–Crippen LogP) is 2.90. The van der Waals surface area contributed by atoms with E-state index >= 15 is 0 Å². The molecule has 1 aromatic rings. The number of carbonyl (C=O) groups excluding carboxylic acids is 1. The molecule has 0 aromatic heterocycles. The van der Waals surface area contributed by atoms with Gasteiger partial charge in [-0.25, -0.2) is 4.79 Å². The number of benzene rings is 1. The van der Waals surface area contributed by atoms with E-state index in [1.165, 1.54) is 12.8 Å². The molecule has 1 fully saturated rings. The quantitative estimate of drug-likeness (QED) is 0.899. The van der Waals surface area contributed by atoms with Crippen molar-refractivity contribution >= 4 is 6.09 Å². The lowest BCUT2D eigenvalue weighted by atomic mass is 9.99. The number of ether oxygens (including phenoxy) is 1. The summed E-state index contributed by atoms with van der Waals surface area (Å²) in [6, 6.07) is 9.28. The molecular formula is C16H24N2O2. The molecule has 1 aliphatic heterocycles. The Labute approximate surface area is 121 Å². The van der Waals surface area contributed by atoms with Gasteiger partial charge in [0.05, 0.1) is 0 Å². The molecule has 1 N–H and O–H groups in total. The van der Waals surface area contributed by atoms with E-state index in [1.54, 1.807) is 0 Å². The number of hydrogen-bond acceptors (Lipinski definition) is 3. The van der Waals surface area contributed by atoms with Gasteiger partial charge < -0.3 is 15.0 Å². The molecule has 20 heavy (non-hydrogen) atoms. The van der Waals surface area contributed by atoms with E-state index in [2.05, 4.69) is 12.2 Å². The minimum absolute atomic E-state index is 0.233. The maximum absolute atomic E-state index is 12.3. The molecule has 1 heterocycles. The van der Waals surface area contributed by atoms with Crippen LogP contribution < -0.4 is 10.1 Å². The van der Waals surface area contributed by atoms with Gasteiger partial charge in [-0.3, -0.25) is 0 Å². The first-order valence-electron chi connectivity index (χ1n) is 7.52. The zero-order valence-electron chi connectivity index (χ0n) is 12.2. The van der Waals surface area contributed by atoms with E-state index in [0.29, 0.717) is 11.7 Å². The number of para-hydroxylation sites is 1. The van der Waals surface area contributed by atoms with Gasteiger partial charge in [0.15, 0.2) is 0 Å². The van der Waals surface area contributed by atoms with Gasteiger partial charge in [0.25, 0.3) is 0 Å². The zero-order chi connectivity index (χ0) is 14.2. The van der Waals surface area contributed by atoms with Crippen LogP contribution in [0.3, 0.4) is 0 Å². The predicted molar refractivity (Wildman–Crippen MR) is 79.9 cm³/mol. The molecule has 0 spiro atoms. The van der Waals surface area contributed by atoms with Gasteiger partial charge in [-0.05, 0) is 50.4 Å². The van der Waals surface area contributed by atoms with Crippen molar-refractivity contribution in [1.29, 1.82) is 0 Å². The fourth-order valence-electron chi connectivity index (χ4n) is 2.57. The van der Waals surface area contributed by atoms with Crippen molar-refractivity contribution in [3.63, 3.8) is 0 Å². The molecular weight excluding hydrogens is 252 g/mol. The topological polar surface area (TPSA) is 41.6 Å². The molecule has 1 unspecified atom stereocenters. The Balaban J connectivity index is 1.90. The van der Waals surface area contributed by atoms with E-state index in [9.17, 15) is 4.79 Å². The van der Waals surface area contributed by atoms with Gasteiger partial charge >= 0.3 is 6.09 Å². The van der Waals surface area contributed by atoms with E-state index in [0.717, 1.165) is 32.6 Å². The number of piperidine rings is 1. The number of amides is 1. The maximum atomic E-state index is 12.3. The lowest BCUT2D eigenvalue weighted by Crippen LogP contribution is -2.42. The van der Waals surface area contributed by atoms with Crippen molar-refractivity contribution in [2.24, 2.45) is 5.92 Å². The summed E-state index contributed by atoms with van der Waals surface area (Å²) in [4.78, 5) is 14.1. The van der Waals surface area contributed by atoms with Crippen LogP contribution in [-0.2, 0) is 0 Å². The molecule has 0 saturated carbocycles. The average molecular weight is 276 g/mol. The number of nitrogens with one attached hydrogen (secondary N) is 1. The molecule has 4 heteroatoms. The van der Waals surface area contributed by atoms with Gasteiger partial charge in [-0.15, -0.1) is 0 Å². The monoisotopic (exact) mass is 276 g/mol. The fourth-order valence-corrected chi connectivity index (χ4v) is 2.57. The van der Waals surface area contributed by atoms with Gasteiger partial charge in [0.1, 0.15) is 5.75 Å². The molecule has 1 atom stereocenters. The van der Waals surface area contributed by atoms with Crippen molar-refractivity contribution in [1.82, 2.24) is 10.2 Å². The highest BCUT2D eigenvalue weighted by atomic mass is 16.6. The Morgan fingerprint density at radius 3 is 2.85 bits per heavy atom. The first kappa shape index (κ1) is 14.9. The Morgan fingerprint density at radius 1 is 1.40 bits per heavy atom. The highest BCUT2D eigenvalue weighted by molar-refractivity contribution is 5.70. The van der Waals surface area contributed by atoms with Crippen molar-refractivity contribution in [2.75, 3.05) is 26.2 Å². The molecule has 1 aromatic carbocycles. The highest BCUT2D eigenvalue weighted by Crippen LogP contribution is 2.15. The van der Waals surface area contributed by atoms with Crippen LogP contribution in [0.2, 0.25) is 0 Å². The van der Waals surface area contributed by atoms with E-state index in [4.69, 9.17) is 4.74 Å². The van der Waals surface area contributed by atoms with Gasteiger partial charge in [-0.2, -0.15) is 0 Å². The maximum Gasteiger partial charge on any atom is 0.415 e. The highest BCUT2D eigenvalue weighted by Gasteiger charge is 2.21. The Morgan fingerprint density at radius 2 is 2.20 bits per heavy atom. The van der Waals surface area contributed by atoms with Crippen molar-refractivity contribution in [3.05, 3.63) is 30.3 Å². The number of nitrogens with zero attached hydrogens (tertiary/aromatic N) is 1. The smallest absolute Gasteiger partial charge is 0.410 e. The van der Waals surface area contributed by atoms with Crippen molar-refractivity contribution < 1.29 is 9.53 Å². The van der Waals surface area contributed by atoms with Gasteiger partial charge in [0, 0.05) is 13.1 Å². The van der Waals surface area contributed by atoms with Gasteiger partial charge in [0.2, 0.25) is 0 Å². The molecule has 0 bridgehead atoms. The summed E-state index contributed by atoms with van der Waals surface area (Å²) in [6.45, 7) is 5.72. The van der Waals surface area contributed by atoms with Crippen LogP contribution in [0.1, 0.15) is 26.2 Å². The molecule has 1 saturated heterocycles. The first-order valence-corrected chi connectivity index (χ1v) is 7.52. The molecule has 0 aliphatic carbocycles. The van der Waals surface area contributed by atoms with Crippen LogP contribution in [0.15, 0.2) is 30.3 Å². The fraction of sp³-hybridized carbons (Fsp3) is 0.562. The summed E-state index contributed by atoms with van der Waals surface area (Å²) in [5.41, 5.74) is 0. The van der Waals surface area contributed by atoms with E-state index < -0.39 is 0 Å². The van der Waals surface area contributed by atoms with Crippen LogP contribution in [0.4, 0.5) is 4.79 Å². The Kier molecular flexibility index (Phi) is 5.87. The van der Waals surface area contributed by atoms with Crippen LogP contribution in [0.25, 0.3) is 0 Å². The number of hydrogen-bond donors (Lipinski definition) is 1. The summed E-state index contributed by atoms with van der Waals surface area (Å²) >= 11 is 0. The van der Waals surface area contributed by atoms with Crippen molar-refractivity contribution in [3.8, 4) is 5.75 Å². The summed E-state index contributed by atoms with van der Waals surface area (Å²) < 4.78 is 5.44. The van der Waals surface area contributed by atoms with Crippen LogP contribution in [0.5, 0.6) is 5.75 Å². The second-order valence-electron chi connectivity index (χ2n) is 5.34. The average Bonchev–Trinajstić information content (AvgIpc) is 2.49. The Hall–Kier alpha value is -1.55. The minimum atomic E-state index is -0.233. The first-order chi connectivity index (χ1) is 9.79. The lowest BCUT2D eigenvalue weighted by Gasteiger charge is -2.29. The second-order valence-corrected chi connectivity index (χ2v) is 5.34. The molecule has 1 amide bonds. The van der Waals surface area contributed by atoms with Gasteiger partial charge in [-0.1, -0.05) is 25.1 Å². The zero-order valence-corrected chi connectivity index (χ0v) is 12.2. The van der Waals surface area contributed by atoms with Crippen LogP contribution in [0, 0.1) is 5.92 Å². The molecule has 2 rings (SSSR count). The van der Waals surface area contributed by atoms with Crippen LogP contribution >= 0.6 is 0 Å². The standard InChI is InChI=1S/C16H24N2O2/c1-2-11-18(13-14-7-6-10-17-12-14)16(19)20-15-8-4-3-5-9-15/h3-5,8-9,14,17H,2,6-7,10-13H2,1H3.